The Kier molecular flexibility index (Phi) is 9.18. The van der Waals surface area contributed by atoms with Gasteiger partial charge in [0.25, 0.3) is 11.6 Å². The number of esters is 1. The summed E-state index contributed by atoms with van der Waals surface area (Å²) in [6.07, 6.45) is 0.892. The summed E-state index contributed by atoms with van der Waals surface area (Å²) in [5.74, 6) is -0.315. The van der Waals surface area contributed by atoms with Gasteiger partial charge in [0.2, 0.25) is 0 Å². The molecular weight excluding hydrogens is 484 g/mol. The molecule has 1 N–H and O–H groups in total. The molecule has 10 nitrogen and oxygen atoms in total. The van der Waals surface area contributed by atoms with Crippen LogP contribution in [0.5, 0.6) is 5.75 Å². The summed E-state index contributed by atoms with van der Waals surface area (Å²) < 4.78 is 10.7. The van der Waals surface area contributed by atoms with Gasteiger partial charge in [0.05, 0.1) is 23.2 Å². The number of nitrogens with zero attached hydrogens (tertiary/aromatic N) is 3. The standard InChI is InChI=1S/C25H30N4O6S/c1-4-17(3)35-20-8-6-7-18(15-20)23(30)26-25(36)28-13-11-27(12-14-28)21-10-9-19(24(31)34-5-2)16-22(21)29(32)33/h6-10,15-17H,4-5,11-14H2,1-3H3,(H,26,30,36)/t17-/m0/s1. The van der Waals surface area contributed by atoms with Gasteiger partial charge in [-0.15, -0.1) is 0 Å². The molecule has 1 aliphatic heterocycles. The lowest BCUT2D eigenvalue weighted by molar-refractivity contribution is -0.384. The van der Waals surface area contributed by atoms with Crippen LogP contribution in [-0.4, -0.2) is 65.7 Å². The van der Waals surface area contributed by atoms with Crippen LogP contribution in [0.1, 0.15) is 47.9 Å². The van der Waals surface area contributed by atoms with Gasteiger partial charge >= 0.3 is 5.97 Å². The van der Waals surface area contributed by atoms with Crippen LogP contribution in [0.25, 0.3) is 0 Å². The number of carbonyl (C=O) groups excluding carboxylic acids is 2. The summed E-state index contributed by atoms with van der Waals surface area (Å²) >= 11 is 5.45. The van der Waals surface area contributed by atoms with Gasteiger partial charge < -0.3 is 19.3 Å². The fourth-order valence-electron chi connectivity index (χ4n) is 3.70. The van der Waals surface area contributed by atoms with Gasteiger partial charge in [-0.1, -0.05) is 13.0 Å². The van der Waals surface area contributed by atoms with E-state index in [4.69, 9.17) is 21.7 Å². The maximum Gasteiger partial charge on any atom is 0.338 e. The maximum atomic E-state index is 12.7. The highest BCUT2D eigenvalue weighted by Gasteiger charge is 2.26. The van der Waals surface area contributed by atoms with Crippen molar-refractivity contribution in [3.05, 3.63) is 63.7 Å². The van der Waals surface area contributed by atoms with Crippen LogP contribution in [0.3, 0.4) is 0 Å². The van der Waals surface area contributed by atoms with Crippen LogP contribution < -0.4 is 15.0 Å². The molecule has 0 bridgehead atoms. The number of hydrogen-bond acceptors (Lipinski definition) is 8. The molecule has 1 heterocycles. The van der Waals surface area contributed by atoms with Crippen molar-refractivity contribution in [3.63, 3.8) is 0 Å². The minimum absolute atomic E-state index is 0.0397. The summed E-state index contributed by atoms with van der Waals surface area (Å²) in [5, 5.41) is 14.7. The summed E-state index contributed by atoms with van der Waals surface area (Å²) in [6, 6.07) is 11.3. The van der Waals surface area contributed by atoms with E-state index >= 15 is 0 Å². The Balaban J connectivity index is 1.61. The van der Waals surface area contributed by atoms with Crippen molar-refractivity contribution < 1.29 is 24.0 Å². The smallest absolute Gasteiger partial charge is 0.338 e. The number of anilines is 1. The number of amides is 1. The molecule has 1 atom stereocenters. The monoisotopic (exact) mass is 514 g/mol. The van der Waals surface area contributed by atoms with Gasteiger partial charge in [-0.2, -0.15) is 0 Å². The van der Waals surface area contributed by atoms with E-state index in [1.807, 2.05) is 23.6 Å². The van der Waals surface area contributed by atoms with Crippen LogP contribution in [0.4, 0.5) is 11.4 Å². The molecular formula is C25H30N4O6S. The summed E-state index contributed by atoms with van der Waals surface area (Å²) in [4.78, 5) is 39.6. The van der Waals surface area contributed by atoms with E-state index in [-0.39, 0.29) is 29.9 Å². The molecule has 1 amide bonds. The van der Waals surface area contributed by atoms with E-state index in [9.17, 15) is 19.7 Å². The third-order valence-corrected chi connectivity index (χ3v) is 6.18. The average Bonchev–Trinajstić information content (AvgIpc) is 2.88. The second-order valence-electron chi connectivity index (χ2n) is 8.28. The quantitative estimate of drug-likeness (QED) is 0.243. The Morgan fingerprint density at radius 3 is 2.47 bits per heavy atom. The van der Waals surface area contributed by atoms with Crippen LogP contribution >= 0.6 is 12.2 Å². The second kappa shape index (κ2) is 12.3. The first-order valence-electron chi connectivity index (χ1n) is 11.8. The lowest BCUT2D eigenvalue weighted by Gasteiger charge is -2.37. The van der Waals surface area contributed by atoms with E-state index in [1.165, 1.54) is 12.1 Å². The van der Waals surface area contributed by atoms with Crippen LogP contribution in [-0.2, 0) is 4.74 Å². The van der Waals surface area contributed by atoms with Crippen molar-refractivity contribution in [2.24, 2.45) is 0 Å². The number of nitro groups is 1. The molecule has 0 aromatic heterocycles. The number of benzene rings is 2. The number of rotatable bonds is 8. The Morgan fingerprint density at radius 2 is 1.83 bits per heavy atom. The predicted molar refractivity (Wildman–Crippen MR) is 140 cm³/mol. The number of thiocarbonyl (C=S) groups is 1. The number of carbonyl (C=O) groups is 2. The summed E-state index contributed by atoms with van der Waals surface area (Å²) in [6.45, 7) is 7.68. The van der Waals surface area contributed by atoms with Crippen LogP contribution in [0.15, 0.2) is 42.5 Å². The molecule has 36 heavy (non-hydrogen) atoms. The molecule has 1 saturated heterocycles. The molecule has 1 fully saturated rings. The van der Waals surface area contributed by atoms with Gasteiger partial charge in [0.15, 0.2) is 5.11 Å². The fraction of sp³-hybridized carbons (Fsp3) is 0.400. The minimum Gasteiger partial charge on any atom is -0.491 e. The Morgan fingerprint density at radius 1 is 1.11 bits per heavy atom. The third kappa shape index (κ3) is 6.69. The van der Waals surface area contributed by atoms with Gasteiger partial charge in [-0.3, -0.25) is 20.2 Å². The lowest BCUT2D eigenvalue weighted by Crippen LogP contribution is -2.52. The van der Waals surface area contributed by atoms with Crippen molar-refractivity contribution in [2.75, 3.05) is 37.7 Å². The minimum atomic E-state index is -0.602. The molecule has 0 spiro atoms. The van der Waals surface area contributed by atoms with E-state index in [0.717, 1.165) is 6.42 Å². The SMILES string of the molecule is CCOC(=O)c1ccc(N2CCN(C(=S)NC(=O)c3cccc(O[C@@H](C)CC)c3)CC2)c([N+](=O)[O-])c1. The maximum absolute atomic E-state index is 12.7. The third-order valence-electron chi connectivity index (χ3n) is 5.82. The lowest BCUT2D eigenvalue weighted by atomic mass is 10.1. The van der Waals surface area contributed by atoms with E-state index in [1.54, 1.807) is 37.3 Å². The zero-order chi connectivity index (χ0) is 26.2. The topological polar surface area (TPSA) is 114 Å². The number of nitrogens with one attached hydrogen (secondary N) is 1. The van der Waals surface area contributed by atoms with Crippen molar-refractivity contribution in [3.8, 4) is 5.75 Å². The zero-order valence-corrected chi connectivity index (χ0v) is 21.4. The van der Waals surface area contributed by atoms with Gasteiger partial charge in [-0.25, -0.2) is 4.79 Å². The van der Waals surface area contributed by atoms with E-state index in [2.05, 4.69) is 5.32 Å². The van der Waals surface area contributed by atoms with E-state index < -0.39 is 10.9 Å². The highest BCUT2D eigenvalue weighted by Crippen LogP contribution is 2.30. The molecule has 2 aromatic carbocycles. The van der Waals surface area contributed by atoms with Crippen LogP contribution in [0, 0.1) is 10.1 Å². The van der Waals surface area contributed by atoms with E-state index in [0.29, 0.717) is 48.3 Å². The molecule has 0 unspecified atom stereocenters. The molecule has 192 valence electrons. The number of hydrogen-bond donors (Lipinski definition) is 1. The molecule has 0 radical (unpaired) electrons. The number of piperazine rings is 1. The zero-order valence-electron chi connectivity index (χ0n) is 20.6. The molecule has 11 heteroatoms. The fourth-order valence-corrected chi connectivity index (χ4v) is 3.98. The highest BCUT2D eigenvalue weighted by atomic mass is 32.1. The Hall–Kier alpha value is -3.73. The normalized spacial score (nSPS) is 14.1. The molecule has 3 rings (SSSR count). The Bertz CT molecular complexity index is 1130. The molecule has 0 saturated carbocycles. The number of nitro benzene ring substituents is 1. The second-order valence-corrected chi connectivity index (χ2v) is 8.67. The summed E-state index contributed by atoms with van der Waals surface area (Å²) in [7, 11) is 0. The first kappa shape index (κ1) is 26.9. The largest absolute Gasteiger partial charge is 0.491 e. The van der Waals surface area contributed by atoms with Crippen molar-refractivity contribution in [1.82, 2.24) is 10.2 Å². The highest BCUT2D eigenvalue weighted by molar-refractivity contribution is 7.80. The van der Waals surface area contributed by atoms with Crippen LogP contribution in [0.2, 0.25) is 0 Å². The Labute approximate surface area is 215 Å². The molecule has 2 aromatic rings. The first-order valence-corrected chi connectivity index (χ1v) is 12.2. The molecule has 1 aliphatic rings. The van der Waals surface area contributed by atoms with Gasteiger partial charge in [0, 0.05) is 37.8 Å². The first-order chi connectivity index (χ1) is 17.2. The van der Waals surface area contributed by atoms with Gasteiger partial charge in [-0.05, 0) is 62.8 Å². The van der Waals surface area contributed by atoms with Crippen molar-refractivity contribution >= 4 is 40.6 Å². The number of ether oxygens (including phenoxy) is 2. The van der Waals surface area contributed by atoms with Crippen molar-refractivity contribution in [2.45, 2.75) is 33.3 Å². The van der Waals surface area contributed by atoms with Gasteiger partial charge in [0.1, 0.15) is 11.4 Å². The predicted octanol–water partition coefficient (Wildman–Crippen LogP) is 3.79. The van der Waals surface area contributed by atoms with Crippen molar-refractivity contribution in [1.29, 1.82) is 0 Å². The average molecular weight is 515 g/mol. The molecule has 0 aliphatic carbocycles. The summed E-state index contributed by atoms with van der Waals surface area (Å²) in [5.41, 5.74) is 0.827.